The van der Waals surface area contributed by atoms with Gasteiger partial charge in [-0.1, -0.05) is 20.8 Å². The first kappa shape index (κ1) is 14.6. The predicted molar refractivity (Wildman–Crippen MR) is 64.5 cm³/mol. The fraction of sp³-hybridized carbons (Fsp3) is 0.909. The molecule has 0 saturated carbocycles. The van der Waals surface area contributed by atoms with Crippen molar-refractivity contribution in [1.29, 1.82) is 5.26 Å². The van der Waals surface area contributed by atoms with Crippen molar-refractivity contribution < 1.29 is 4.21 Å². The fourth-order valence-corrected chi connectivity index (χ4v) is 1.78. The highest BCUT2D eigenvalue weighted by atomic mass is 32.2. The van der Waals surface area contributed by atoms with E-state index in [4.69, 9.17) is 5.26 Å². The summed E-state index contributed by atoms with van der Waals surface area (Å²) in [6.07, 6.45) is 0.700. The van der Waals surface area contributed by atoms with E-state index in [9.17, 15) is 4.21 Å². The minimum atomic E-state index is -1.17. The molecule has 0 aliphatic rings. The number of nitrogens with zero attached hydrogens (tertiary/aromatic N) is 1. The Labute approximate surface area is 95.8 Å². The van der Waals surface area contributed by atoms with E-state index in [2.05, 4.69) is 31.6 Å². The summed E-state index contributed by atoms with van der Waals surface area (Å²) in [5.74, 6) is 0. The molecule has 0 spiro atoms. The van der Waals surface area contributed by atoms with Crippen LogP contribution in [0.2, 0.25) is 0 Å². The van der Waals surface area contributed by atoms with Crippen LogP contribution in [0.15, 0.2) is 0 Å². The zero-order valence-electron chi connectivity index (χ0n) is 10.5. The van der Waals surface area contributed by atoms with Gasteiger partial charge in [-0.2, -0.15) is 5.26 Å². The van der Waals surface area contributed by atoms with Crippen molar-refractivity contribution in [3.05, 3.63) is 0 Å². The number of hydrogen-bond donors (Lipinski definition) is 1. The third-order valence-corrected chi connectivity index (χ3v) is 3.39. The van der Waals surface area contributed by atoms with Crippen molar-refractivity contribution in [1.82, 2.24) is 4.72 Å². The molecule has 0 aliphatic heterocycles. The number of nitriles is 1. The Morgan fingerprint density at radius 2 is 1.73 bits per heavy atom. The number of hydrogen-bond acceptors (Lipinski definition) is 2. The van der Waals surface area contributed by atoms with Crippen LogP contribution in [0.4, 0.5) is 0 Å². The van der Waals surface area contributed by atoms with Crippen molar-refractivity contribution in [2.45, 2.75) is 58.8 Å². The summed E-state index contributed by atoms with van der Waals surface area (Å²) in [5.41, 5.74) is 0.0650. The van der Waals surface area contributed by atoms with Crippen LogP contribution in [0, 0.1) is 16.7 Å². The largest absolute Gasteiger partial charge is 0.242 e. The molecule has 1 N–H and O–H groups in total. The maximum Gasteiger partial charge on any atom is 0.107 e. The van der Waals surface area contributed by atoms with Crippen LogP contribution >= 0.6 is 0 Å². The molecule has 0 saturated heterocycles. The standard InChI is InChI=1S/C11H22N2OS/c1-10(2,3)7-9(8-12)13-15(14)11(4,5)6/h9,13H,7H2,1-6H3/t9-,15-/m0/s1. The zero-order chi connectivity index (χ0) is 12.3. The Bertz CT molecular complexity index is 268. The maximum atomic E-state index is 11.8. The highest BCUT2D eigenvalue weighted by molar-refractivity contribution is 7.84. The molecule has 0 aromatic rings. The van der Waals surface area contributed by atoms with Crippen LogP contribution in [-0.4, -0.2) is 15.0 Å². The second kappa shape index (κ2) is 5.09. The molecule has 2 atom stereocenters. The molecule has 0 unspecified atom stereocenters. The monoisotopic (exact) mass is 230 g/mol. The van der Waals surface area contributed by atoms with Gasteiger partial charge in [-0.3, -0.25) is 0 Å². The lowest BCUT2D eigenvalue weighted by molar-refractivity contribution is 0.355. The van der Waals surface area contributed by atoms with E-state index in [1.54, 1.807) is 0 Å². The lowest BCUT2D eigenvalue weighted by atomic mass is 9.89. The van der Waals surface area contributed by atoms with Gasteiger partial charge in [0.05, 0.1) is 21.8 Å². The van der Waals surface area contributed by atoms with Crippen molar-refractivity contribution in [3.8, 4) is 6.07 Å². The van der Waals surface area contributed by atoms with E-state index in [1.165, 1.54) is 0 Å². The van der Waals surface area contributed by atoms with Gasteiger partial charge >= 0.3 is 0 Å². The van der Waals surface area contributed by atoms with Gasteiger partial charge in [-0.15, -0.1) is 0 Å². The van der Waals surface area contributed by atoms with Gasteiger partial charge < -0.3 is 0 Å². The molecular formula is C11H22N2OS. The lowest BCUT2D eigenvalue weighted by Gasteiger charge is -2.25. The Hall–Kier alpha value is -0.400. The first-order valence-electron chi connectivity index (χ1n) is 5.14. The summed E-state index contributed by atoms with van der Waals surface area (Å²) in [6, 6.07) is 1.81. The summed E-state index contributed by atoms with van der Waals surface area (Å²) in [6.45, 7) is 11.9. The van der Waals surface area contributed by atoms with Crippen LogP contribution in [-0.2, 0) is 11.0 Å². The third-order valence-electron chi connectivity index (χ3n) is 1.78. The van der Waals surface area contributed by atoms with E-state index >= 15 is 0 Å². The van der Waals surface area contributed by atoms with Gasteiger partial charge in [0, 0.05) is 0 Å². The predicted octanol–water partition coefficient (Wildman–Crippen LogP) is 2.37. The average molecular weight is 230 g/mol. The van der Waals surface area contributed by atoms with E-state index in [0.29, 0.717) is 6.42 Å². The number of rotatable bonds is 3. The molecule has 4 heteroatoms. The van der Waals surface area contributed by atoms with Crippen molar-refractivity contribution in [2.75, 3.05) is 0 Å². The van der Waals surface area contributed by atoms with Crippen LogP contribution in [0.1, 0.15) is 48.0 Å². The zero-order valence-corrected chi connectivity index (χ0v) is 11.4. The Kier molecular flexibility index (Phi) is 4.95. The third kappa shape index (κ3) is 6.64. The smallest absolute Gasteiger partial charge is 0.107 e. The number of nitrogens with one attached hydrogen (secondary N) is 1. The van der Waals surface area contributed by atoms with Gasteiger partial charge in [0.25, 0.3) is 0 Å². The van der Waals surface area contributed by atoms with Crippen LogP contribution in [0.3, 0.4) is 0 Å². The van der Waals surface area contributed by atoms with Crippen molar-refractivity contribution in [2.24, 2.45) is 5.41 Å². The second-order valence-corrected chi connectivity index (χ2v) is 7.94. The van der Waals surface area contributed by atoms with Crippen LogP contribution < -0.4 is 4.72 Å². The Morgan fingerprint density at radius 1 is 1.27 bits per heavy atom. The van der Waals surface area contributed by atoms with Gasteiger partial charge in [0.15, 0.2) is 0 Å². The molecule has 0 heterocycles. The Morgan fingerprint density at radius 3 is 2.00 bits per heavy atom. The molecule has 0 rings (SSSR count). The molecule has 0 fully saturated rings. The molecule has 0 aliphatic carbocycles. The minimum Gasteiger partial charge on any atom is -0.242 e. The molecule has 0 bridgehead atoms. The summed E-state index contributed by atoms with van der Waals surface area (Å²) < 4.78 is 14.3. The topological polar surface area (TPSA) is 52.9 Å². The minimum absolute atomic E-state index is 0.0650. The molecule has 15 heavy (non-hydrogen) atoms. The molecule has 3 nitrogen and oxygen atoms in total. The molecule has 0 aromatic heterocycles. The van der Waals surface area contributed by atoms with Gasteiger partial charge in [-0.05, 0) is 32.6 Å². The van der Waals surface area contributed by atoms with Gasteiger partial charge in [-0.25, -0.2) is 8.93 Å². The van der Waals surface area contributed by atoms with Crippen LogP contribution in [0.25, 0.3) is 0 Å². The SMILES string of the molecule is CC(C)(C)C[C@@H](C#N)N[S@@](=O)C(C)(C)C. The van der Waals surface area contributed by atoms with Gasteiger partial charge in [0.2, 0.25) is 0 Å². The van der Waals surface area contributed by atoms with Crippen molar-refractivity contribution in [3.63, 3.8) is 0 Å². The maximum absolute atomic E-state index is 11.8. The van der Waals surface area contributed by atoms with E-state index < -0.39 is 11.0 Å². The summed E-state index contributed by atoms with van der Waals surface area (Å²) in [7, 11) is -1.17. The summed E-state index contributed by atoms with van der Waals surface area (Å²) >= 11 is 0. The Balaban J connectivity index is 4.38. The average Bonchev–Trinajstić information content (AvgIpc) is 1.98. The van der Waals surface area contributed by atoms with Gasteiger partial charge in [0.1, 0.15) is 6.04 Å². The first-order valence-corrected chi connectivity index (χ1v) is 6.29. The highest BCUT2D eigenvalue weighted by Gasteiger charge is 2.25. The quantitative estimate of drug-likeness (QED) is 0.809. The molecular weight excluding hydrogens is 208 g/mol. The summed E-state index contributed by atoms with van der Waals surface area (Å²) in [5, 5.41) is 8.96. The normalized spacial score (nSPS) is 16.9. The summed E-state index contributed by atoms with van der Waals surface area (Å²) in [4.78, 5) is 0. The molecule has 88 valence electrons. The molecule has 0 aromatic carbocycles. The van der Waals surface area contributed by atoms with Crippen LogP contribution in [0.5, 0.6) is 0 Å². The van der Waals surface area contributed by atoms with E-state index in [0.717, 1.165) is 0 Å². The molecule has 0 radical (unpaired) electrons. The van der Waals surface area contributed by atoms with Crippen molar-refractivity contribution >= 4 is 11.0 Å². The fourth-order valence-electron chi connectivity index (χ4n) is 1.03. The first-order chi connectivity index (χ1) is 6.56. The molecule has 0 amide bonds. The van der Waals surface area contributed by atoms with E-state index in [-0.39, 0.29) is 16.2 Å². The van der Waals surface area contributed by atoms with E-state index in [1.807, 2.05) is 20.8 Å². The highest BCUT2D eigenvalue weighted by Crippen LogP contribution is 2.21. The second-order valence-electron chi connectivity index (χ2n) is 5.95. The lowest BCUT2D eigenvalue weighted by Crippen LogP contribution is -2.40.